The van der Waals surface area contributed by atoms with Crippen molar-refractivity contribution >= 4 is 11.6 Å². The quantitative estimate of drug-likeness (QED) is 0.354. The molecule has 0 fully saturated rings. The molecule has 10 heavy (non-hydrogen) atoms. The van der Waals surface area contributed by atoms with Gasteiger partial charge in [0.15, 0.2) is 0 Å². The van der Waals surface area contributed by atoms with Gasteiger partial charge in [-0.2, -0.15) is 6.42 Å². The van der Waals surface area contributed by atoms with E-state index in [9.17, 15) is 0 Å². The molecule has 0 N–H and O–H groups in total. The van der Waals surface area contributed by atoms with E-state index in [1.807, 2.05) is 0 Å². The molecule has 0 bridgehead atoms. The van der Waals surface area contributed by atoms with Crippen molar-refractivity contribution in [3.8, 4) is 0 Å². The van der Waals surface area contributed by atoms with Crippen molar-refractivity contribution in [2.45, 2.75) is 38.5 Å². The maximum atomic E-state index is 5.50. The minimum atomic E-state index is 0. The molecule has 0 aromatic rings. The fraction of sp³-hybridized carbons (Fsp3) is 0.875. The van der Waals surface area contributed by atoms with Crippen molar-refractivity contribution in [2.75, 3.05) is 5.88 Å². The van der Waals surface area contributed by atoms with Crippen molar-refractivity contribution in [3.05, 3.63) is 6.92 Å². The molecular weight excluding hydrogens is 401 g/mol. The van der Waals surface area contributed by atoms with E-state index in [4.69, 9.17) is 11.6 Å². The first kappa shape index (κ1) is 12.0. The van der Waals surface area contributed by atoms with Crippen LogP contribution in [0.25, 0.3) is 0 Å². The summed E-state index contributed by atoms with van der Waals surface area (Å²) in [5, 5.41) is 0. The third-order valence-corrected chi connectivity index (χ3v) is 1.65. The van der Waals surface area contributed by atoms with Crippen LogP contribution in [0.1, 0.15) is 38.5 Å². The van der Waals surface area contributed by atoms with Gasteiger partial charge < -0.3 is 6.92 Å². The molecule has 0 radical (unpaired) electrons. The molecule has 0 aliphatic rings. The molecule has 0 aromatic heterocycles. The van der Waals surface area contributed by atoms with Gasteiger partial charge in [-0.25, -0.2) is 0 Å². The number of hydrogen-bond acceptors (Lipinski definition) is 0. The molecule has 0 nitrogen and oxygen atoms in total. The third-order valence-electron chi connectivity index (χ3n) is 1.38. The van der Waals surface area contributed by atoms with Crippen LogP contribution < -0.4 is 0 Å². The first-order valence-electron chi connectivity index (χ1n) is 3.77. The standard InChI is InChI=1S/C8H16Cl.Sg/c1-2-3-4-5-6-7-8-9;/h1-8H2;/q-1;. The molecule has 0 amide bonds. The molecule has 0 aliphatic heterocycles. The van der Waals surface area contributed by atoms with Crippen molar-refractivity contribution in [2.24, 2.45) is 0 Å². The zero-order valence-corrected chi connectivity index (χ0v) is 14.0. The molecule has 0 unspecified atom stereocenters. The van der Waals surface area contributed by atoms with E-state index in [2.05, 4.69) is 6.92 Å². The van der Waals surface area contributed by atoms with E-state index in [-0.39, 0.29) is 0 Å². The second kappa shape index (κ2) is 11.1. The van der Waals surface area contributed by atoms with E-state index in [1.165, 1.54) is 32.1 Å². The van der Waals surface area contributed by atoms with Gasteiger partial charge in [-0.3, -0.25) is 0 Å². The van der Waals surface area contributed by atoms with Crippen LogP contribution in [0.2, 0.25) is 0 Å². The molecule has 2 heteroatoms. The number of alkyl halides is 1. The average molecular weight is 417 g/mol. The van der Waals surface area contributed by atoms with E-state index < -0.39 is 0 Å². The van der Waals surface area contributed by atoms with Crippen LogP contribution in [-0.2, 0) is 0 Å². The summed E-state index contributed by atoms with van der Waals surface area (Å²) in [7, 11) is 0. The Kier molecular flexibility index (Phi) is 13.4. The van der Waals surface area contributed by atoms with Crippen LogP contribution in [0.3, 0.4) is 0 Å². The van der Waals surface area contributed by atoms with Crippen LogP contribution in [0.4, 0.5) is 0 Å². The fourth-order valence-corrected chi connectivity index (χ4v) is 0.991. The summed E-state index contributed by atoms with van der Waals surface area (Å²) < 4.78 is 0. The number of unbranched alkanes of at least 4 members (excludes halogenated alkanes) is 5. The molecular formula is C8H16ClSg-. The summed E-state index contributed by atoms with van der Waals surface area (Å²) in [6, 6.07) is 0. The maximum absolute atomic E-state index is 5.50. The van der Waals surface area contributed by atoms with Gasteiger partial charge in [-0.15, -0.1) is 11.6 Å². The summed E-state index contributed by atoms with van der Waals surface area (Å²) in [6.45, 7) is 3.78. The summed E-state index contributed by atoms with van der Waals surface area (Å²) in [6.07, 6.45) is 7.51. The van der Waals surface area contributed by atoms with Crippen LogP contribution >= 0.6 is 11.6 Å². The minimum Gasteiger partial charge on any atom is -0.343 e. The molecule has 0 saturated carbocycles. The minimum absolute atomic E-state index is 0. The smallest absolute Gasteiger partial charge is 0.0223 e. The van der Waals surface area contributed by atoms with Gasteiger partial charge >= 0.3 is 0 Å². The monoisotopic (exact) mass is 418 g/mol. The zero-order chi connectivity index (χ0) is 6.95. The summed E-state index contributed by atoms with van der Waals surface area (Å²) in [4.78, 5) is 0. The van der Waals surface area contributed by atoms with E-state index >= 15 is 0 Å². The van der Waals surface area contributed by atoms with E-state index in [0.717, 1.165) is 12.3 Å². The number of rotatable bonds is 6. The summed E-state index contributed by atoms with van der Waals surface area (Å²) >= 11 is 5.50. The first-order valence-corrected chi connectivity index (χ1v) is 4.30. The van der Waals surface area contributed by atoms with Crippen LogP contribution in [0.15, 0.2) is 0 Å². The van der Waals surface area contributed by atoms with Crippen LogP contribution in [0, 0.1) is 6.92 Å². The molecule has 0 aliphatic carbocycles. The molecule has 0 aromatic carbocycles. The van der Waals surface area contributed by atoms with Gasteiger partial charge in [0.25, 0.3) is 0 Å². The zero-order valence-electron chi connectivity index (χ0n) is 6.74. The van der Waals surface area contributed by atoms with Crippen LogP contribution in [-0.4, -0.2) is 5.88 Å². The average Bonchev–Trinajstić information content (AvgIpc) is 1.89. The second-order valence-electron chi connectivity index (χ2n) is 2.31. The number of hydrogen-bond donors (Lipinski definition) is 0. The Labute approximate surface area is 63.6 Å². The third kappa shape index (κ3) is 10.3. The van der Waals surface area contributed by atoms with Gasteiger partial charge in [-0.1, -0.05) is 25.7 Å². The van der Waals surface area contributed by atoms with Crippen molar-refractivity contribution in [1.82, 2.24) is 0 Å². The summed E-state index contributed by atoms with van der Waals surface area (Å²) in [5.74, 6) is 0.824. The second-order valence-corrected chi connectivity index (χ2v) is 2.69. The van der Waals surface area contributed by atoms with Gasteiger partial charge in [0.2, 0.25) is 0 Å². The first-order chi connectivity index (χ1) is 4.41. The normalized spacial score (nSPS) is 9.00. The Morgan fingerprint density at radius 1 is 0.900 bits per heavy atom. The fourth-order valence-electron chi connectivity index (χ4n) is 0.802. The molecule has 58 valence electrons. The Morgan fingerprint density at radius 3 is 1.90 bits per heavy atom. The SMILES string of the molecule is [CH2-]CCCCCCCCl.[Sg]. The Morgan fingerprint density at radius 2 is 1.40 bits per heavy atom. The van der Waals surface area contributed by atoms with Crippen molar-refractivity contribution in [3.63, 3.8) is 0 Å². The predicted molar refractivity (Wildman–Crippen MR) is 43.8 cm³/mol. The van der Waals surface area contributed by atoms with Crippen molar-refractivity contribution in [1.29, 1.82) is 0 Å². The Balaban J connectivity index is 0. The van der Waals surface area contributed by atoms with E-state index in [1.54, 1.807) is 0 Å². The molecule has 0 heterocycles. The predicted octanol–water partition coefficient (Wildman–Crippen LogP) is 3.40. The molecule has 0 atom stereocenters. The Hall–Kier alpha value is -0.710. The van der Waals surface area contributed by atoms with E-state index in [0.29, 0.717) is 0 Å². The van der Waals surface area contributed by atoms with Crippen molar-refractivity contribution < 1.29 is 0 Å². The maximum Gasteiger partial charge on any atom is 0.0223 e. The largest absolute Gasteiger partial charge is 0.343 e. The van der Waals surface area contributed by atoms with Gasteiger partial charge in [0, 0.05) is 5.88 Å². The number of halogens is 1. The van der Waals surface area contributed by atoms with Gasteiger partial charge in [0.05, 0.1) is 0 Å². The summed E-state index contributed by atoms with van der Waals surface area (Å²) in [5.41, 5.74) is 0. The Bertz CT molecular complexity index is 42.5. The topological polar surface area (TPSA) is 0 Å². The molecule has 0 spiro atoms. The van der Waals surface area contributed by atoms with Crippen LogP contribution in [0.5, 0.6) is 0 Å². The molecule has 0 rings (SSSR count). The van der Waals surface area contributed by atoms with Gasteiger partial charge in [0.1, 0.15) is 0 Å². The molecule has 0 saturated heterocycles. The van der Waals surface area contributed by atoms with Gasteiger partial charge in [-0.05, 0) is 6.42 Å².